The minimum Gasteiger partial charge on any atom is -0.494 e. The van der Waals surface area contributed by atoms with E-state index >= 15 is 0 Å². The Kier molecular flexibility index (Phi) is 13.9. The predicted octanol–water partition coefficient (Wildman–Crippen LogP) is 8.67. The number of carbonyl (C=O) groups is 2. The van der Waals surface area contributed by atoms with Gasteiger partial charge in [0.05, 0.1) is 24.3 Å². The molecule has 0 amide bonds. The number of carbonyl (C=O) groups excluding carboxylic acids is 2. The smallest absolute Gasteiger partial charge is 0.343 e. The van der Waals surface area contributed by atoms with Gasteiger partial charge < -0.3 is 18.9 Å². The fraction of sp³-hybridized carbons (Fsp3) is 0.429. The largest absolute Gasteiger partial charge is 0.494 e. The van der Waals surface area contributed by atoms with Crippen molar-refractivity contribution in [2.45, 2.75) is 78.2 Å². The van der Waals surface area contributed by atoms with Gasteiger partial charge in [-0.1, -0.05) is 76.6 Å². The zero-order chi connectivity index (χ0) is 29.3. The highest BCUT2D eigenvalue weighted by Crippen LogP contribution is 2.24. The molecule has 0 spiro atoms. The molecule has 0 heterocycles. The lowest BCUT2D eigenvalue weighted by Gasteiger charge is -2.13. The lowest BCUT2D eigenvalue weighted by atomic mass is 10.0. The summed E-state index contributed by atoms with van der Waals surface area (Å²) in [5.41, 5.74) is 2.86. The standard InChI is InChI=1S/C35H44O6/c1-4-6-7-8-9-10-11-25-39-32-20-16-29(17-21-32)28-12-14-30(15-13-28)35(37)41-33-22-18-31(19-23-33)34(36)40-27(3)26-38-24-5-2/h12-23,27H,4-11,24-26H2,1-3H3/t27-/m1/s1. The molecule has 0 unspecified atom stereocenters. The fourth-order valence-corrected chi connectivity index (χ4v) is 4.30. The summed E-state index contributed by atoms with van der Waals surface area (Å²) in [7, 11) is 0. The topological polar surface area (TPSA) is 71.1 Å². The van der Waals surface area contributed by atoms with Crippen molar-refractivity contribution >= 4 is 11.9 Å². The lowest BCUT2D eigenvalue weighted by Crippen LogP contribution is -2.20. The molecule has 0 aliphatic rings. The molecule has 0 aliphatic heterocycles. The van der Waals surface area contributed by atoms with Gasteiger partial charge in [-0.15, -0.1) is 0 Å². The van der Waals surface area contributed by atoms with Gasteiger partial charge in [-0.05, 0) is 79.4 Å². The Hall–Kier alpha value is -3.64. The molecule has 0 aliphatic carbocycles. The van der Waals surface area contributed by atoms with Crippen LogP contribution in [-0.2, 0) is 9.47 Å². The maximum absolute atomic E-state index is 12.7. The van der Waals surface area contributed by atoms with Crippen molar-refractivity contribution in [1.82, 2.24) is 0 Å². The Morgan fingerprint density at radius 3 is 1.78 bits per heavy atom. The summed E-state index contributed by atoms with van der Waals surface area (Å²) < 4.78 is 22.2. The van der Waals surface area contributed by atoms with E-state index in [2.05, 4.69) is 6.92 Å². The van der Waals surface area contributed by atoms with Crippen LogP contribution in [0.3, 0.4) is 0 Å². The summed E-state index contributed by atoms with van der Waals surface area (Å²) >= 11 is 0. The summed E-state index contributed by atoms with van der Waals surface area (Å²) in [5.74, 6) is 0.304. The minimum absolute atomic E-state index is 0.347. The van der Waals surface area contributed by atoms with Crippen molar-refractivity contribution in [3.05, 3.63) is 83.9 Å². The van der Waals surface area contributed by atoms with Gasteiger partial charge in [-0.3, -0.25) is 0 Å². The zero-order valence-electron chi connectivity index (χ0n) is 24.7. The number of hydrogen-bond donors (Lipinski definition) is 0. The monoisotopic (exact) mass is 560 g/mol. The van der Waals surface area contributed by atoms with Crippen LogP contribution < -0.4 is 9.47 Å². The van der Waals surface area contributed by atoms with Crippen molar-refractivity contribution in [3.8, 4) is 22.6 Å². The van der Waals surface area contributed by atoms with Gasteiger partial charge in [0.15, 0.2) is 0 Å². The van der Waals surface area contributed by atoms with Crippen molar-refractivity contribution in [1.29, 1.82) is 0 Å². The first kappa shape index (κ1) is 31.9. The molecule has 220 valence electrons. The molecule has 1 atom stereocenters. The average Bonchev–Trinajstić information content (AvgIpc) is 2.99. The number of esters is 2. The molecule has 3 aromatic rings. The van der Waals surface area contributed by atoms with E-state index in [4.69, 9.17) is 18.9 Å². The molecule has 3 rings (SSSR count). The first-order chi connectivity index (χ1) is 20.0. The van der Waals surface area contributed by atoms with Gasteiger partial charge in [-0.2, -0.15) is 0 Å². The van der Waals surface area contributed by atoms with Gasteiger partial charge in [0.2, 0.25) is 0 Å². The Labute approximate surface area is 245 Å². The van der Waals surface area contributed by atoms with Gasteiger partial charge in [-0.25, -0.2) is 9.59 Å². The first-order valence-electron chi connectivity index (χ1n) is 14.9. The SMILES string of the molecule is CCCCCCCCCOc1ccc(-c2ccc(C(=O)Oc3ccc(C(=O)O[C@H](C)COCCC)cc3)cc2)cc1. The van der Waals surface area contributed by atoms with Crippen LogP contribution in [0.25, 0.3) is 11.1 Å². The summed E-state index contributed by atoms with van der Waals surface area (Å²) in [6.45, 7) is 7.78. The third-order valence-corrected chi connectivity index (χ3v) is 6.63. The Morgan fingerprint density at radius 2 is 1.15 bits per heavy atom. The van der Waals surface area contributed by atoms with Crippen LogP contribution in [0.1, 0.15) is 92.9 Å². The van der Waals surface area contributed by atoms with Crippen LogP contribution in [0.4, 0.5) is 0 Å². The average molecular weight is 561 g/mol. The molecule has 0 aromatic heterocycles. The molecular weight excluding hydrogens is 516 g/mol. The Morgan fingerprint density at radius 1 is 0.610 bits per heavy atom. The van der Waals surface area contributed by atoms with E-state index in [-0.39, 0.29) is 6.10 Å². The molecule has 41 heavy (non-hydrogen) atoms. The fourth-order valence-electron chi connectivity index (χ4n) is 4.30. The second kappa shape index (κ2) is 17.9. The Bertz CT molecular complexity index is 1170. The summed E-state index contributed by atoms with van der Waals surface area (Å²) in [4.78, 5) is 25.0. The second-order valence-electron chi connectivity index (χ2n) is 10.3. The molecule has 0 radical (unpaired) electrons. The summed E-state index contributed by atoms with van der Waals surface area (Å²) in [5, 5.41) is 0. The number of benzene rings is 3. The molecule has 6 nitrogen and oxygen atoms in total. The molecule has 0 saturated carbocycles. The molecule has 0 bridgehead atoms. The highest BCUT2D eigenvalue weighted by Gasteiger charge is 2.14. The van der Waals surface area contributed by atoms with Crippen LogP contribution in [0.5, 0.6) is 11.5 Å². The maximum atomic E-state index is 12.7. The van der Waals surface area contributed by atoms with Crippen LogP contribution in [0.2, 0.25) is 0 Å². The van der Waals surface area contributed by atoms with Gasteiger partial charge in [0.1, 0.15) is 17.6 Å². The van der Waals surface area contributed by atoms with E-state index in [0.717, 1.165) is 36.3 Å². The van der Waals surface area contributed by atoms with Crippen molar-refractivity contribution < 1.29 is 28.5 Å². The minimum atomic E-state index is -0.470. The molecule has 0 fully saturated rings. The van der Waals surface area contributed by atoms with E-state index in [0.29, 0.717) is 30.1 Å². The molecule has 6 heteroatoms. The van der Waals surface area contributed by atoms with E-state index in [9.17, 15) is 9.59 Å². The van der Waals surface area contributed by atoms with Crippen molar-refractivity contribution in [3.63, 3.8) is 0 Å². The molecule has 3 aromatic carbocycles. The van der Waals surface area contributed by atoms with E-state index in [1.54, 1.807) is 43.3 Å². The van der Waals surface area contributed by atoms with E-state index in [1.807, 2.05) is 43.3 Å². The predicted molar refractivity (Wildman–Crippen MR) is 163 cm³/mol. The van der Waals surface area contributed by atoms with Crippen LogP contribution in [0, 0.1) is 0 Å². The normalized spacial score (nSPS) is 11.6. The van der Waals surface area contributed by atoms with E-state index < -0.39 is 11.9 Å². The quantitative estimate of drug-likeness (QED) is 0.0880. The third-order valence-electron chi connectivity index (χ3n) is 6.63. The lowest BCUT2D eigenvalue weighted by molar-refractivity contribution is 0.00226. The van der Waals surface area contributed by atoms with Crippen LogP contribution in [-0.4, -0.2) is 37.9 Å². The maximum Gasteiger partial charge on any atom is 0.343 e. The van der Waals surface area contributed by atoms with Crippen LogP contribution in [0.15, 0.2) is 72.8 Å². The first-order valence-corrected chi connectivity index (χ1v) is 14.9. The number of ether oxygens (including phenoxy) is 4. The zero-order valence-corrected chi connectivity index (χ0v) is 24.7. The number of rotatable bonds is 18. The van der Waals surface area contributed by atoms with E-state index in [1.165, 1.54) is 38.5 Å². The highest BCUT2D eigenvalue weighted by molar-refractivity contribution is 5.92. The van der Waals surface area contributed by atoms with Crippen LogP contribution >= 0.6 is 0 Å². The number of unbranched alkanes of at least 4 members (excludes halogenated alkanes) is 6. The second-order valence-corrected chi connectivity index (χ2v) is 10.3. The van der Waals surface area contributed by atoms with Gasteiger partial charge in [0.25, 0.3) is 0 Å². The van der Waals surface area contributed by atoms with Crippen molar-refractivity contribution in [2.75, 3.05) is 19.8 Å². The molecule has 0 saturated heterocycles. The van der Waals surface area contributed by atoms with Gasteiger partial charge in [0, 0.05) is 6.61 Å². The molecule has 0 N–H and O–H groups in total. The number of hydrogen-bond acceptors (Lipinski definition) is 6. The summed E-state index contributed by atoms with van der Waals surface area (Å²) in [6, 6.07) is 21.6. The third kappa shape index (κ3) is 11.4. The highest BCUT2D eigenvalue weighted by atomic mass is 16.6. The van der Waals surface area contributed by atoms with Crippen molar-refractivity contribution in [2.24, 2.45) is 0 Å². The molecular formula is C35H44O6. The van der Waals surface area contributed by atoms with Gasteiger partial charge >= 0.3 is 11.9 Å². The Balaban J connectivity index is 1.43. The summed E-state index contributed by atoms with van der Waals surface area (Å²) in [6.07, 6.45) is 9.41.